The van der Waals surface area contributed by atoms with Gasteiger partial charge in [0.05, 0.1) is 0 Å². The normalized spacial score (nSPS) is 46.2. The van der Waals surface area contributed by atoms with Gasteiger partial charge in [-0.3, -0.25) is 4.90 Å². The van der Waals surface area contributed by atoms with Crippen molar-refractivity contribution in [1.29, 1.82) is 0 Å². The summed E-state index contributed by atoms with van der Waals surface area (Å²) in [6.07, 6.45) is 5.88. The monoisotopic (exact) mass is 208 g/mol. The van der Waals surface area contributed by atoms with Gasteiger partial charge in [0.1, 0.15) is 0 Å². The van der Waals surface area contributed by atoms with Crippen LogP contribution >= 0.6 is 0 Å². The predicted octanol–water partition coefficient (Wildman–Crippen LogP) is 1.72. The number of nitrogens with zero attached hydrogens (tertiary/aromatic N) is 1. The predicted molar refractivity (Wildman–Crippen MR) is 62.8 cm³/mol. The van der Waals surface area contributed by atoms with Crippen molar-refractivity contribution in [2.24, 2.45) is 17.8 Å². The van der Waals surface area contributed by atoms with Crippen LogP contribution in [0, 0.1) is 17.8 Å². The number of hydrogen-bond acceptors (Lipinski definition) is 2. The lowest BCUT2D eigenvalue weighted by Gasteiger charge is -2.28. The molecule has 4 unspecified atom stereocenters. The second kappa shape index (κ2) is 4.06. The summed E-state index contributed by atoms with van der Waals surface area (Å²) in [4.78, 5) is 2.81. The van der Waals surface area contributed by atoms with Gasteiger partial charge in [0.15, 0.2) is 0 Å². The molecule has 0 bridgehead atoms. The molecule has 0 aromatic carbocycles. The van der Waals surface area contributed by atoms with Gasteiger partial charge in [0.2, 0.25) is 0 Å². The van der Waals surface area contributed by atoms with E-state index in [-0.39, 0.29) is 0 Å². The van der Waals surface area contributed by atoms with Crippen LogP contribution in [0.4, 0.5) is 0 Å². The molecule has 0 aromatic rings. The number of nitrogens with one attached hydrogen (secondary N) is 1. The molecule has 3 rings (SSSR count). The summed E-state index contributed by atoms with van der Waals surface area (Å²) >= 11 is 0. The largest absolute Gasteiger partial charge is 0.315 e. The lowest BCUT2D eigenvalue weighted by molar-refractivity contribution is 0.194. The average molecular weight is 208 g/mol. The second-order valence-corrected chi connectivity index (χ2v) is 5.80. The summed E-state index contributed by atoms with van der Waals surface area (Å²) in [5, 5.41) is 3.57. The Bertz CT molecular complexity index is 217. The zero-order chi connectivity index (χ0) is 10.3. The van der Waals surface area contributed by atoms with Crippen LogP contribution in [0.3, 0.4) is 0 Å². The van der Waals surface area contributed by atoms with Crippen LogP contribution in [0.25, 0.3) is 0 Å². The first-order valence-corrected chi connectivity index (χ1v) is 6.83. The summed E-state index contributed by atoms with van der Waals surface area (Å²) in [7, 11) is 0. The van der Waals surface area contributed by atoms with Crippen molar-refractivity contribution in [2.75, 3.05) is 26.2 Å². The Morgan fingerprint density at radius 1 is 1.13 bits per heavy atom. The van der Waals surface area contributed by atoms with Gasteiger partial charge in [-0.1, -0.05) is 19.8 Å². The topological polar surface area (TPSA) is 15.3 Å². The van der Waals surface area contributed by atoms with Crippen LogP contribution in [0.5, 0.6) is 0 Å². The Balaban J connectivity index is 1.64. The van der Waals surface area contributed by atoms with Crippen molar-refractivity contribution in [2.45, 2.75) is 38.6 Å². The molecule has 3 fully saturated rings. The minimum atomic E-state index is 0.862. The molecule has 2 nitrogen and oxygen atoms in total. The Morgan fingerprint density at radius 3 is 2.53 bits per heavy atom. The molecule has 1 saturated carbocycles. The third kappa shape index (κ3) is 1.72. The molecule has 2 heteroatoms. The van der Waals surface area contributed by atoms with Gasteiger partial charge in [0, 0.05) is 25.7 Å². The molecule has 0 amide bonds. The van der Waals surface area contributed by atoms with Gasteiger partial charge in [-0.05, 0) is 37.1 Å². The molecule has 2 aliphatic heterocycles. The van der Waals surface area contributed by atoms with E-state index >= 15 is 0 Å². The van der Waals surface area contributed by atoms with E-state index in [0.717, 1.165) is 23.8 Å². The fourth-order valence-corrected chi connectivity index (χ4v) is 4.11. The van der Waals surface area contributed by atoms with Crippen LogP contribution in [0.15, 0.2) is 0 Å². The van der Waals surface area contributed by atoms with Crippen LogP contribution < -0.4 is 5.32 Å². The number of likely N-dealkylation sites (tertiary alicyclic amines) is 1. The van der Waals surface area contributed by atoms with Gasteiger partial charge in [0.25, 0.3) is 0 Å². The Hall–Kier alpha value is -0.0800. The molecule has 0 spiro atoms. The van der Waals surface area contributed by atoms with Gasteiger partial charge < -0.3 is 5.32 Å². The molecule has 0 aromatic heterocycles. The summed E-state index contributed by atoms with van der Waals surface area (Å²) in [5.74, 6) is 3.04. The van der Waals surface area contributed by atoms with Crippen LogP contribution in [0.2, 0.25) is 0 Å². The fraction of sp³-hybridized carbons (Fsp3) is 1.00. The van der Waals surface area contributed by atoms with Crippen molar-refractivity contribution in [3.63, 3.8) is 0 Å². The highest BCUT2D eigenvalue weighted by Gasteiger charge is 2.41. The van der Waals surface area contributed by atoms with E-state index in [1.807, 2.05) is 0 Å². The SMILES string of the molecule is CCC1CNCC1N1CC2CCCC2C1. The number of hydrogen-bond donors (Lipinski definition) is 1. The molecular formula is C13H24N2. The molecule has 2 saturated heterocycles. The van der Waals surface area contributed by atoms with E-state index < -0.39 is 0 Å². The van der Waals surface area contributed by atoms with Gasteiger partial charge >= 0.3 is 0 Å². The first-order valence-electron chi connectivity index (χ1n) is 6.83. The molecular weight excluding hydrogens is 184 g/mol. The molecule has 0 radical (unpaired) electrons. The molecule has 1 N–H and O–H groups in total. The lowest BCUT2D eigenvalue weighted by Crippen LogP contribution is -2.39. The maximum atomic E-state index is 3.57. The maximum Gasteiger partial charge on any atom is 0.0261 e. The Morgan fingerprint density at radius 2 is 1.87 bits per heavy atom. The summed E-state index contributed by atoms with van der Waals surface area (Å²) < 4.78 is 0. The highest BCUT2D eigenvalue weighted by Crippen LogP contribution is 2.39. The fourth-order valence-electron chi connectivity index (χ4n) is 4.11. The molecule has 15 heavy (non-hydrogen) atoms. The van der Waals surface area contributed by atoms with Crippen molar-refractivity contribution < 1.29 is 0 Å². The summed E-state index contributed by atoms with van der Waals surface area (Å²) in [6.45, 7) is 7.67. The van der Waals surface area contributed by atoms with Gasteiger partial charge in [-0.15, -0.1) is 0 Å². The summed E-state index contributed by atoms with van der Waals surface area (Å²) in [6, 6.07) is 0.862. The zero-order valence-corrected chi connectivity index (χ0v) is 9.91. The minimum absolute atomic E-state index is 0.862. The van der Waals surface area contributed by atoms with Crippen molar-refractivity contribution in [3.05, 3.63) is 0 Å². The molecule has 3 aliphatic rings. The number of fused-ring (bicyclic) bond motifs is 1. The highest BCUT2D eigenvalue weighted by molar-refractivity contribution is 4.96. The average Bonchev–Trinajstić information content (AvgIpc) is 2.91. The van der Waals surface area contributed by atoms with E-state index in [0.29, 0.717) is 0 Å². The standard InChI is InChI=1S/C13H24N2/c1-2-10-6-14-7-13(10)15-8-11-4-3-5-12(11)9-15/h10-14H,2-9H2,1H3. The zero-order valence-electron chi connectivity index (χ0n) is 9.91. The van der Waals surface area contributed by atoms with E-state index in [1.165, 1.54) is 51.9 Å². The van der Waals surface area contributed by atoms with Crippen LogP contribution in [-0.2, 0) is 0 Å². The van der Waals surface area contributed by atoms with E-state index in [9.17, 15) is 0 Å². The summed E-state index contributed by atoms with van der Waals surface area (Å²) in [5.41, 5.74) is 0. The molecule has 2 heterocycles. The first-order chi connectivity index (χ1) is 7.38. The van der Waals surface area contributed by atoms with Gasteiger partial charge in [-0.2, -0.15) is 0 Å². The van der Waals surface area contributed by atoms with E-state index in [2.05, 4.69) is 17.1 Å². The Labute approximate surface area is 93.4 Å². The smallest absolute Gasteiger partial charge is 0.0261 e. The second-order valence-electron chi connectivity index (χ2n) is 5.80. The van der Waals surface area contributed by atoms with Crippen molar-refractivity contribution in [1.82, 2.24) is 10.2 Å². The molecule has 1 aliphatic carbocycles. The first kappa shape index (κ1) is 10.1. The van der Waals surface area contributed by atoms with E-state index in [4.69, 9.17) is 0 Å². The third-order valence-corrected chi connectivity index (χ3v) is 5.05. The van der Waals surface area contributed by atoms with E-state index in [1.54, 1.807) is 0 Å². The maximum absolute atomic E-state index is 3.57. The Kier molecular flexibility index (Phi) is 2.73. The third-order valence-electron chi connectivity index (χ3n) is 5.05. The van der Waals surface area contributed by atoms with Crippen molar-refractivity contribution in [3.8, 4) is 0 Å². The lowest BCUT2D eigenvalue weighted by atomic mass is 9.99. The minimum Gasteiger partial charge on any atom is -0.315 e. The quantitative estimate of drug-likeness (QED) is 0.743. The van der Waals surface area contributed by atoms with Crippen molar-refractivity contribution >= 4 is 0 Å². The van der Waals surface area contributed by atoms with Gasteiger partial charge in [-0.25, -0.2) is 0 Å². The van der Waals surface area contributed by atoms with Crippen LogP contribution in [0.1, 0.15) is 32.6 Å². The molecule has 4 atom stereocenters. The molecule has 86 valence electrons. The number of rotatable bonds is 2. The highest BCUT2D eigenvalue weighted by atomic mass is 15.2. The van der Waals surface area contributed by atoms with Crippen LogP contribution in [-0.4, -0.2) is 37.1 Å².